The fourth-order valence-corrected chi connectivity index (χ4v) is 2.02. The number of amides is 2. The van der Waals surface area contributed by atoms with E-state index in [1.54, 1.807) is 13.3 Å². The normalized spacial score (nSPS) is 15.0. The third-order valence-electron chi connectivity index (χ3n) is 3.73. The van der Waals surface area contributed by atoms with Crippen LogP contribution in [0.4, 0.5) is 4.79 Å². The molecule has 0 aromatic rings. The molecule has 158 valence electrons. The van der Waals surface area contributed by atoms with Crippen molar-refractivity contribution in [1.29, 1.82) is 0 Å². The molecule has 0 unspecified atom stereocenters. The van der Waals surface area contributed by atoms with E-state index in [0.29, 0.717) is 31.4 Å². The van der Waals surface area contributed by atoms with E-state index in [4.69, 9.17) is 16.3 Å². The summed E-state index contributed by atoms with van der Waals surface area (Å²) in [5, 5.41) is 0. The highest BCUT2D eigenvalue weighted by Gasteiger charge is 2.26. The largest absolute Gasteiger partial charge is 0.443 e. The summed E-state index contributed by atoms with van der Waals surface area (Å²) in [5.74, 6) is -0.120. The van der Waals surface area contributed by atoms with Crippen molar-refractivity contribution in [2.45, 2.75) is 45.6 Å². The lowest BCUT2D eigenvalue weighted by molar-refractivity contribution is -0.118. The molecule has 1 aliphatic heterocycles. The van der Waals surface area contributed by atoms with E-state index in [1.165, 1.54) is 29.1 Å². The van der Waals surface area contributed by atoms with Crippen LogP contribution in [0.5, 0.6) is 0 Å². The molecule has 2 N–H and O–H groups in total. The Kier molecular flexibility index (Phi) is 13.1. The Morgan fingerprint density at radius 3 is 2.61 bits per heavy atom. The van der Waals surface area contributed by atoms with Gasteiger partial charge < -0.3 is 4.74 Å². The van der Waals surface area contributed by atoms with Gasteiger partial charge in [0.1, 0.15) is 5.60 Å². The highest BCUT2D eigenvalue weighted by atomic mass is 35.5. The van der Waals surface area contributed by atoms with Crippen LogP contribution in [-0.4, -0.2) is 54.8 Å². The Bertz CT molecular complexity index is 633. The van der Waals surface area contributed by atoms with Gasteiger partial charge >= 0.3 is 6.09 Å². The summed E-state index contributed by atoms with van der Waals surface area (Å²) in [7, 11) is 1.61. The fourth-order valence-electron chi connectivity index (χ4n) is 1.91. The van der Waals surface area contributed by atoms with Crippen molar-refractivity contribution >= 4 is 48.7 Å². The molecule has 0 spiro atoms. The van der Waals surface area contributed by atoms with Crippen molar-refractivity contribution in [1.82, 2.24) is 15.8 Å². The number of ether oxygens (including phenoxy) is 1. The Morgan fingerprint density at radius 1 is 1.36 bits per heavy atom. The number of hydrogen-bond donors (Lipinski definition) is 3. The maximum atomic E-state index is 12.3. The number of hydrazine groups is 1. The van der Waals surface area contributed by atoms with Crippen molar-refractivity contribution in [3.05, 3.63) is 23.1 Å². The van der Waals surface area contributed by atoms with Gasteiger partial charge in [-0.3, -0.25) is 25.5 Å². The molecule has 0 saturated heterocycles. The number of carbonyl (C=O) groups is 2. The molecule has 28 heavy (non-hydrogen) atoms. The lowest BCUT2D eigenvalue weighted by atomic mass is 10.1. The van der Waals surface area contributed by atoms with Crippen molar-refractivity contribution in [3.63, 3.8) is 0 Å². The van der Waals surface area contributed by atoms with E-state index in [1.807, 2.05) is 20.8 Å². The van der Waals surface area contributed by atoms with E-state index in [0.717, 1.165) is 0 Å². The highest BCUT2D eigenvalue weighted by molar-refractivity contribution is 7.79. The number of hydrogen-bond acceptors (Lipinski definition) is 7. The second-order valence-electron chi connectivity index (χ2n) is 6.19. The lowest BCUT2D eigenvalue weighted by Gasteiger charge is -2.29. The van der Waals surface area contributed by atoms with Crippen LogP contribution in [0, 0.1) is 0 Å². The molecule has 1 rings (SSSR count). The molecular weight excluding hydrogens is 402 g/mol. The van der Waals surface area contributed by atoms with E-state index in [2.05, 4.69) is 33.5 Å². The molecule has 2 amide bonds. The molecule has 8 nitrogen and oxygen atoms in total. The van der Waals surface area contributed by atoms with Gasteiger partial charge in [0, 0.05) is 43.3 Å². The third-order valence-corrected chi connectivity index (χ3v) is 3.94. The zero-order valence-electron chi connectivity index (χ0n) is 17.0. The maximum absolute atomic E-state index is 12.3. The number of rotatable bonds is 7. The van der Waals surface area contributed by atoms with Crippen LogP contribution >= 0.6 is 24.2 Å². The Labute approximate surface area is 177 Å². The third kappa shape index (κ3) is 9.80. The summed E-state index contributed by atoms with van der Waals surface area (Å²) < 4.78 is 5.46. The minimum atomic E-state index is -0.549. The molecule has 0 aromatic heterocycles. The molecule has 0 radical (unpaired) electrons. The minimum absolute atomic E-state index is 0.247. The van der Waals surface area contributed by atoms with Crippen molar-refractivity contribution in [3.8, 4) is 0 Å². The first-order chi connectivity index (χ1) is 13.3. The Balaban J connectivity index is 0.00000352. The smallest absolute Gasteiger partial charge is 0.414 e. The van der Waals surface area contributed by atoms with E-state index in [-0.39, 0.29) is 11.7 Å². The zero-order valence-corrected chi connectivity index (χ0v) is 18.7. The summed E-state index contributed by atoms with van der Waals surface area (Å²) in [6, 6.07) is 0. The van der Waals surface area contributed by atoms with Crippen LogP contribution in [0.25, 0.3) is 0 Å². The molecule has 1 heterocycles. The Morgan fingerprint density at radius 2 is 2.04 bits per heavy atom. The molecule has 0 atom stereocenters. The predicted octanol–water partition coefficient (Wildman–Crippen LogP) is 3.27. The van der Waals surface area contributed by atoms with Gasteiger partial charge in [-0.2, -0.15) is 12.6 Å². The number of halogens is 1. The summed E-state index contributed by atoms with van der Waals surface area (Å²) in [5.41, 5.74) is 6.21. The van der Waals surface area contributed by atoms with Crippen LogP contribution in [0.3, 0.4) is 0 Å². The first-order valence-corrected chi connectivity index (χ1v) is 10.1. The van der Waals surface area contributed by atoms with Gasteiger partial charge in [-0.1, -0.05) is 18.5 Å². The van der Waals surface area contributed by atoms with Gasteiger partial charge in [0.15, 0.2) is 5.82 Å². The number of carbonyl (C=O) groups excluding carboxylic acids is 2. The van der Waals surface area contributed by atoms with Gasteiger partial charge in [0.2, 0.25) is 0 Å². The van der Waals surface area contributed by atoms with Crippen LogP contribution in [0.1, 0.15) is 40.0 Å². The predicted molar refractivity (Wildman–Crippen MR) is 118 cm³/mol. The average molecular weight is 432 g/mol. The summed E-state index contributed by atoms with van der Waals surface area (Å²) in [4.78, 5) is 33.7. The molecule has 10 heteroatoms. The SMILES string of the molecule is CCC(C)(C)OC(=O)N1C=C(C(=O)NNC(=C\Cl)/N=C\C=NC)CCC1.CS. The molecule has 0 saturated carbocycles. The Hall–Kier alpha value is -2.00. The molecule has 0 aliphatic carbocycles. The molecular formula is C18H30ClN5O3S. The van der Waals surface area contributed by atoms with Gasteiger partial charge in [-0.15, -0.1) is 0 Å². The number of aliphatic imine (C=N–C) groups is 2. The monoisotopic (exact) mass is 431 g/mol. The number of thiol groups is 1. The van der Waals surface area contributed by atoms with Crippen LogP contribution in [-0.2, 0) is 9.53 Å². The second kappa shape index (κ2) is 14.1. The van der Waals surface area contributed by atoms with E-state index >= 15 is 0 Å². The van der Waals surface area contributed by atoms with Crippen LogP contribution in [0.15, 0.2) is 33.1 Å². The first kappa shape index (κ1) is 26.0. The lowest BCUT2D eigenvalue weighted by Crippen LogP contribution is -2.41. The summed E-state index contributed by atoms with van der Waals surface area (Å²) in [6.45, 7) is 6.15. The van der Waals surface area contributed by atoms with Gasteiger partial charge in [0.05, 0.1) is 0 Å². The van der Waals surface area contributed by atoms with Gasteiger partial charge in [0.25, 0.3) is 5.91 Å². The maximum Gasteiger partial charge on any atom is 0.414 e. The van der Waals surface area contributed by atoms with Crippen molar-refractivity contribution < 1.29 is 14.3 Å². The number of nitrogens with one attached hydrogen (secondary N) is 2. The fraction of sp³-hybridized carbons (Fsp3) is 0.556. The van der Waals surface area contributed by atoms with Crippen molar-refractivity contribution in [2.24, 2.45) is 9.98 Å². The molecule has 0 fully saturated rings. The summed E-state index contributed by atoms with van der Waals surface area (Å²) >= 11 is 9.17. The zero-order chi connectivity index (χ0) is 21.6. The average Bonchev–Trinajstić information content (AvgIpc) is 2.71. The first-order valence-electron chi connectivity index (χ1n) is 8.79. The van der Waals surface area contributed by atoms with Crippen LogP contribution in [0.2, 0.25) is 0 Å². The van der Waals surface area contributed by atoms with Gasteiger partial charge in [-0.05, 0) is 39.4 Å². The molecule has 1 aliphatic rings. The molecule has 0 aromatic carbocycles. The topological polar surface area (TPSA) is 95.4 Å². The highest BCUT2D eigenvalue weighted by Crippen LogP contribution is 2.20. The minimum Gasteiger partial charge on any atom is -0.443 e. The quantitative estimate of drug-likeness (QED) is 0.327. The van der Waals surface area contributed by atoms with E-state index < -0.39 is 11.7 Å². The second-order valence-corrected chi connectivity index (χ2v) is 6.41. The van der Waals surface area contributed by atoms with E-state index in [9.17, 15) is 9.59 Å². The van der Waals surface area contributed by atoms with Crippen LogP contribution < -0.4 is 10.9 Å². The molecule has 0 bridgehead atoms. The van der Waals surface area contributed by atoms with Crippen molar-refractivity contribution in [2.75, 3.05) is 19.8 Å². The standard InChI is InChI=1S/C17H26ClN5O3.CH4S/c1-5-17(2,3)26-16(25)23-10-6-7-13(12-23)15(24)22-21-14(11-18)20-9-8-19-4;1-2/h8-9,11-12,21H,5-7,10H2,1-4H3,(H,22,24);2H,1H3/b14-11-,19-8?,20-9-;. The van der Waals surface area contributed by atoms with Gasteiger partial charge in [-0.25, -0.2) is 9.79 Å². The summed E-state index contributed by atoms with van der Waals surface area (Å²) in [6.07, 6.45) is 7.59. The number of nitrogens with zero attached hydrogens (tertiary/aromatic N) is 3.